The van der Waals surface area contributed by atoms with Crippen molar-refractivity contribution in [2.24, 2.45) is 4.99 Å². The second-order valence-electron chi connectivity index (χ2n) is 9.80. The topological polar surface area (TPSA) is 42.9 Å². The zero-order chi connectivity index (χ0) is 20.1. The van der Waals surface area contributed by atoms with E-state index in [4.69, 9.17) is 4.99 Å². The number of halogens is 1. The number of nitrogens with zero attached hydrogens (tertiary/aromatic N) is 3. The number of thioether (sulfide) groups is 1. The van der Waals surface area contributed by atoms with Crippen LogP contribution < -0.4 is 10.6 Å². The zero-order valence-corrected chi connectivity index (χ0v) is 22.4. The fourth-order valence-electron chi connectivity index (χ4n) is 6.30. The first kappa shape index (κ1) is 24.9. The molecule has 2 unspecified atom stereocenters. The van der Waals surface area contributed by atoms with E-state index in [2.05, 4.69) is 46.2 Å². The van der Waals surface area contributed by atoms with Crippen LogP contribution in [0.4, 0.5) is 0 Å². The van der Waals surface area contributed by atoms with Crippen LogP contribution in [0, 0.1) is 0 Å². The lowest BCUT2D eigenvalue weighted by molar-refractivity contribution is 0.0523. The Kier molecular flexibility index (Phi) is 9.91. The van der Waals surface area contributed by atoms with Crippen LogP contribution in [0.3, 0.4) is 0 Å². The first-order valence-electron chi connectivity index (χ1n) is 12.3. The predicted molar refractivity (Wildman–Crippen MR) is 141 cm³/mol. The van der Waals surface area contributed by atoms with Crippen molar-refractivity contribution < 1.29 is 0 Å². The summed E-state index contributed by atoms with van der Waals surface area (Å²) in [5.74, 6) is 3.65. The molecule has 3 aliphatic heterocycles. The Hall–Kier alpha value is 0.270. The number of aliphatic imine (C=N–C) groups is 1. The van der Waals surface area contributed by atoms with Gasteiger partial charge >= 0.3 is 0 Å². The van der Waals surface area contributed by atoms with Crippen molar-refractivity contribution in [3.63, 3.8) is 0 Å². The van der Waals surface area contributed by atoms with Crippen molar-refractivity contribution in [3.05, 3.63) is 0 Å². The monoisotopic (exact) mass is 549 g/mol. The lowest BCUT2D eigenvalue weighted by Gasteiger charge is -2.48. The van der Waals surface area contributed by atoms with Crippen molar-refractivity contribution in [1.82, 2.24) is 20.4 Å². The molecule has 4 fully saturated rings. The highest BCUT2D eigenvalue weighted by Crippen LogP contribution is 2.36. The standard InChI is InChI=1S/C23H43N5S.HI/c1-3-24-22(26-19-16-20-8-7-9-21(17-19)27(20)2)25-18-23(10-5-4-6-11-23)28-12-14-29-15-13-28;/h19-21H,3-18H2,1-2H3,(H2,24,25,26);1H. The summed E-state index contributed by atoms with van der Waals surface area (Å²) in [6, 6.07) is 2.10. The van der Waals surface area contributed by atoms with Gasteiger partial charge in [0.1, 0.15) is 0 Å². The molecule has 0 aromatic rings. The fraction of sp³-hybridized carbons (Fsp3) is 0.957. The molecule has 0 radical (unpaired) electrons. The van der Waals surface area contributed by atoms with Crippen molar-refractivity contribution in [2.75, 3.05) is 44.7 Å². The van der Waals surface area contributed by atoms with Crippen LogP contribution in [0.2, 0.25) is 0 Å². The molecule has 1 aliphatic carbocycles. The molecule has 0 amide bonds. The Bertz CT molecular complexity index is 534. The molecule has 0 aromatic heterocycles. The van der Waals surface area contributed by atoms with E-state index in [-0.39, 0.29) is 24.0 Å². The molecule has 2 atom stereocenters. The molecule has 3 saturated heterocycles. The molecule has 30 heavy (non-hydrogen) atoms. The van der Waals surface area contributed by atoms with E-state index < -0.39 is 0 Å². The first-order chi connectivity index (χ1) is 14.2. The number of piperidine rings is 2. The highest BCUT2D eigenvalue weighted by Gasteiger charge is 2.39. The molecule has 2 N–H and O–H groups in total. The summed E-state index contributed by atoms with van der Waals surface area (Å²) in [5, 5.41) is 7.42. The summed E-state index contributed by atoms with van der Waals surface area (Å²) in [7, 11) is 2.34. The predicted octanol–water partition coefficient (Wildman–Crippen LogP) is 3.93. The highest BCUT2D eigenvalue weighted by molar-refractivity contribution is 14.0. The van der Waals surface area contributed by atoms with Gasteiger partial charge in [0.15, 0.2) is 5.96 Å². The molecule has 7 heteroatoms. The van der Waals surface area contributed by atoms with Gasteiger partial charge in [-0.2, -0.15) is 11.8 Å². The molecule has 3 heterocycles. The molecular formula is C23H44IN5S. The Balaban J connectivity index is 0.00000256. The smallest absolute Gasteiger partial charge is 0.191 e. The quantitative estimate of drug-likeness (QED) is 0.309. The van der Waals surface area contributed by atoms with Gasteiger partial charge in [-0.05, 0) is 52.5 Å². The normalized spacial score (nSPS) is 32.9. The van der Waals surface area contributed by atoms with Crippen LogP contribution in [0.1, 0.15) is 71.1 Å². The first-order valence-corrected chi connectivity index (χ1v) is 13.5. The third-order valence-electron chi connectivity index (χ3n) is 8.02. The van der Waals surface area contributed by atoms with Gasteiger partial charge in [0.05, 0.1) is 6.54 Å². The van der Waals surface area contributed by atoms with Gasteiger partial charge in [-0.15, -0.1) is 24.0 Å². The Morgan fingerprint density at radius 1 is 1.03 bits per heavy atom. The summed E-state index contributed by atoms with van der Waals surface area (Å²) in [6.45, 7) is 6.61. The minimum absolute atomic E-state index is 0. The molecule has 4 rings (SSSR count). The summed E-state index contributed by atoms with van der Waals surface area (Å²) >= 11 is 2.12. The third-order valence-corrected chi connectivity index (χ3v) is 8.97. The largest absolute Gasteiger partial charge is 0.357 e. The van der Waals surface area contributed by atoms with Crippen LogP contribution in [0.5, 0.6) is 0 Å². The van der Waals surface area contributed by atoms with Crippen molar-refractivity contribution in [1.29, 1.82) is 0 Å². The summed E-state index contributed by atoms with van der Waals surface area (Å²) in [5.41, 5.74) is 0.310. The van der Waals surface area contributed by atoms with Gasteiger partial charge in [-0.25, -0.2) is 0 Å². The molecule has 5 nitrogen and oxygen atoms in total. The van der Waals surface area contributed by atoms with Crippen molar-refractivity contribution >= 4 is 41.7 Å². The maximum Gasteiger partial charge on any atom is 0.191 e. The van der Waals surface area contributed by atoms with Crippen LogP contribution >= 0.6 is 35.7 Å². The van der Waals surface area contributed by atoms with Crippen molar-refractivity contribution in [3.8, 4) is 0 Å². The lowest BCUT2D eigenvalue weighted by atomic mass is 9.80. The lowest BCUT2D eigenvalue weighted by Crippen LogP contribution is -2.57. The van der Waals surface area contributed by atoms with Crippen LogP contribution in [-0.4, -0.2) is 84.2 Å². The summed E-state index contributed by atoms with van der Waals surface area (Å²) < 4.78 is 0. The summed E-state index contributed by atoms with van der Waals surface area (Å²) in [6.07, 6.45) is 13.5. The molecular weight excluding hydrogens is 505 g/mol. The van der Waals surface area contributed by atoms with Crippen molar-refractivity contribution in [2.45, 2.75) is 94.8 Å². The third kappa shape index (κ3) is 5.98. The SMILES string of the molecule is CCNC(=NCC1(N2CCSCC2)CCCCC1)NC1CC2CCCC(C1)N2C.I. The maximum absolute atomic E-state index is 5.22. The fourth-order valence-corrected chi connectivity index (χ4v) is 7.20. The van der Waals surface area contributed by atoms with Gasteiger partial charge in [0, 0.05) is 54.8 Å². The minimum Gasteiger partial charge on any atom is -0.357 e. The number of hydrogen-bond donors (Lipinski definition) is 2. The van der Waals surface area contributed by atoms with E-state index >= 15 is 0 Å². The van der Waals surface area contributed by atoms with E-state index in [1.165, 1.54) is 88.8 Å². The number of fused-ring (bicyclic) bond motifs is 2. The van der Waals surface area contributed by atoms with E-state index in [0.717, 1.165) is 31.1 Å². The second-order valence-corrected chi connectivity index (χ2v) is 11.0. The maximum atomic E-state index is 5.22. The molecule has 4 aliphatic rings. The number of rotatable bonds is 5. The van der Waals surface area contributed by atoms with Crippen LogP contribution in [-0.2, 0) is 0 Å². The average Bonchev–Trinajstić information content (AvgIpc) is 2.74. The summed E-state index contributed by atoms with van der Waals surface area (Å²) in [4.78, 5) is 10.7. The van der Waals surface area contributed by atoms with Gasteiger partial charge in [0.25, 0.3) is 0 Å². The highest BCUT2D eigenvalue weighted by atomic mass is 127. The van der Waals surface area contributed by atoms with Gasteiger partial charge in [-0.1, -0.05) is 25.7 Å². The minimum atomic E-state index is 0. The van der Waals surface area contributed by atoms with Gasteiger partial charge in [0.2, 0.25) is 0 Å². The number of guanidine groups is 1. The second kappa shape index (κ2) is 11.9. The zero-order valence-electron chi connectivity index (χ0n) is 19.2. The molecule has 2 bridgehead atoms. The van der Waals surface area contributed by atoms with Gasteiger partial charge in [-0.3, -0.25) is 9.89 Å². The number of nitrogens with one attached hydrogen (secondary N) is 2. The van der Waals surface area contributed by atoms with Crippen LogP contribution in [0.25, 0.3) is 0 Å². The van der Waals surface area contributed by atoms with E-state index in [1.807, 2.05) is 0 Å². The molecule has 174 valence electrons. The van der Waals surface area contributed by atoms with Crippen LogP contribution in [0.15, 0.2) is 4.99 Å². The number of hydrogen-bond acceptors (Lipinski definition) is 4. The molecule has 0 spiro atoms. The Morgan fingerprint density at radius 2 is 1.70 bits per heavy atom. The van der Waals surface area contributed by atoms with E-state index in [0.29, 0.717) is 11.6 Å². The Labute approximate surface area is 206 Å². The van der Waals surface area contributed by atoms with E-state index in [9.17, 15) is 0 Å². The van der Waals surface area contributed by atoms with E-state index in [1.54, 1.807) is 0 Å². The van der Waals surface area contributed by atoms with Gasteiger partial charge < -0.3 is 15.5 Å². The average molecular weight is 550 g/mol. The Morgan fingerprint density at radius 3 is 2.33 bits per heavy atom. The molecule has 1 saturated carbocycles. The molecule has 0 aromatic carbocycles.